The molecule has 4 rings (SSSR count). The highest BCUT2D eigenvalue weighted by Crippen LogP contribution is 2.26. The van der Waals surface area contributed by atoms with Crippen LogP contribution in [0.2, 0.25) is 0 Å². The van der Waals surface area contributed by atoms with Crippen molar-refractivity contribution >= 4 is 23.6 Å². The molecule has 0 saturated carbocycles. The summed E-state index contributed by atoms with van der Waals surface area (Å²) in [6, 6.07) is 36.8. The van der Waals surface area contributed by atoms with E-state index in [-0.39, 0.29) is 11.8 Å². The second kappa shape index (κ2) is 14.1. The van der Waals surface area contributed by atoms with Crippen molar-refractivity contribution in [1.82, 2.24) is 10.2 Å². The van der Waals surface area contributed by atoms with Crippen LogP contribution in [0.25, 0.3) is 0 Å². The SMILES string of the molecule is CC(=O)NC(CSc1ccc(Oc2ccccc2)cc1)C(=O)N(CCc1ccccc1)Cc1ccccc1. The Labute approximate surface area is 228 Å². The van der Waals surface area contributed by atoms with Crippen molar-refractivity contribution < 1.29 is 14.3 Å². The van der Waals surface area contributed by atoms with Crippen LogP contribution in [-0.2, 0) is 22.6 Å². The minimum atomic E-state index is -0.641. The van der Waals surface area contributed by atoms with Crippen LogP contribution in [0.1, 0.15) is 18.1 Å². The van der Waals surface area contributed by atoms with Gasteiger partial charge in [-0.2, -0.15) is 0 Å². The molecule has 0 aliphatic rings. The average molecular weight is 525 g/mol. The van der Waals surface area contributed by atoms with Gasteiger partial charge in [-0.3, -0.25) is 9.59 Å². The number of amides is 2. The summed E-state index contributed by atoms with van der Waals surface area (Å²) in [5, 5.41) is 2.88. The molecule has 0 fully saturated rings. The number of nitrogens with zero attached hydrogens (tertiary/aromatic N) is 1. The molecule has 0 aliphatic carbocycles. The van der Waals surface area contributed by atoms with Crippen molar-refractivity contribution in [1.29, 1.82) is 0 Å². The van der Waals surface area contributed by atoms with Crippen LogP contribution < -0.4 is 10.1 Å². The van der Waals surface area contributed by atoms with Gasteiger partial charge in [0.2, 0.25) is 11.8 Å². The Hall–Kier alpha value is -4.03. The molecule has 1 atom stereocenters. The summed E-state index contributed by atoms with van der Waals surface area (Å²) in [5.41, 5.74) is 2.22. The molecule has 4 aromatic carbocycles. The molecule has 0 radical (unpaired) electrons. The third-order valence-electron chi connectivity index (χ3n) is 5.94. The zero-order valence-electron chi connectivity index (χ0n) is 21.5. The fraction of sp³-hybridized carbons (Fsp3) is 0.188. The van der Waals surface area contributed by atoms with Crippen LogP contribution in [0, 0.1) is 0 Å². The molecule has 0 saturated heterocycles. The van der Waals surface area contributed by atoms with Crippen molar-refractivity contribution in [2.75, 3.05) is 12.3 Å². The van der Waals surface area contributed by atoms with Crippen molar-refractivity contribution in [3.63, 3.8) is 0 Å². The lowest BCUT2D eigenvalue weighted by molar-refractivity contribution is -0.136. The highest BCUT2D eigenvalue weighted by atomic mass is 32.2. The summed E-state index contributed by atoms with van der Waals surface area (Å²) in [4.78, 5) is 28.6. The van der Waals surface area contributed by atoms with E-state index in [0.29, 0.717) is 18.8 Å². The van der Waals surface area contributed by atoms with Crippen LogP contribution >= 0.6 is 11.8 Å². The number of hydrogen-bond acceptors (Lipinski definition) is 4. The minimum absolute atomic E-state index is 0.0866. The fourth-order valence-corrected chi connectivity index (χ4v) is 4.94. The fourth-order valence-electron chi connectivity index (χ4n) is 4.03. The Bertz CT molecular complexity index is 1280. The molecule has 1 N–H and O–H groups in total. The number of ether oxygens (including phenoxy) is 1. The highest BCUT2D eigenvalue weighted by molar-refractivity contribution is 7.99. The molecular weight excluding hydrogens is 492 g/mol. The van der Waals surface area contributed by atoms with Gasteiger partial charge in [-0.1, -0.05) is 78.9 Å². The predicted octanol–water partition coefficient (Wildman–Crippen LogP) is 6.35. The third kappa shape index (κ3) is 8.53. The molecule has 0 aromatic heterocycles. The Balaban J connectivity index is 1.43. The number of hydrogen-bond donors (Lipinski definition) is 1. The van der Waals surface area contributed by atoms with Gasteiger partial charge in [-0.05, 0) is 53.9 Å². The van der Waals surface area contributed by atoms with E-state index in [1.165, 1.54) is 24.2 Å². The van der Waals surface area contributed by atoms with Crippen LogP contribution in [0.3, 0.4) is 0 Å². The maximum absolute atomic E-state index is 13.8. The van der Waals surface area contributed by atoms with E-state index in [2.05, 4.69) is 17.4 Å². The van der Waals surface area contributed by atoms with E-state index in [0.717, 1.165) is 28.4 Å². The topological polar surface area (TPSA) is 58.6 Å². The van der Waals surface area contributed by atoms with Gasteiger partial charge in [0.25, 0.3) is 0 Å². The van der Waals surface area contributed by atoms with Gasteiger partial charge < -0.3 is 15.0 Å². The Morgan fingerprint density at radius 3 is 1.92 bits per heavy atom. The molecule has 4 aromatic rings. The Morgan fingerprint density at radius 1 is 0.763 bits per heavy atom. The first-order chi connectivity index (χ1) is 18.6. The number of benzene rings is 4. The summed E-state index contributed by atoms with van der Waals surface area (Å²) in [5.74, 6) is 1.63. The number of nitrogens with one attached hydrogen (secondary N) is 1. The minimum Gasteiger partial charge on any atom is -0.457 e. The van der Waals surface area contributed by atoms with Crippen LogP contribution in [-0.4, -0.2) is 35.1 Å². The largest absolute Gasteiger partial charge is 0.457 e. The molecule has 194 valence electrons. The molecule has 1 unspecified atom stereocenters. The first kappa shape index (κ1) is 27.0. The van der Waals surface area contributed by atoms with Gasteiger partial charge in [-0.15, -0.1) is 11.8 Å². The van der Waals surface area contributed by atoms with Crippen LogP contribution in [0.4, 0.5) is 0 Å². The third-order valence-corrected chi connectivity index (χ3v) is 7.04. The molecule has 5 nitrogen and oxygen atoms in total. The highest BCUT2D eigenvalue weighted by Gasteiger charge is 2.25. The standard InChI is InChI=1S/C32H32N2O3S/c1-25(35)33-31(24-38-30-19-17-29(18-20-30)37-28-15-9-4-10-16-28)32(36)34(23-27-13-7-3-8-14-27)22-21-26-11-5-2-6-12-26/h2-20,31H,21-24H2,1H3,(H,33,35). The molecule has 0 spiro atoms. The van der Waals surface area contributed by atoms with E-state index in [4.69, 9.17) is 4.74 Å². The van der Waals surface area contributed by atoms with Crippen molar-refractivity contribution in [3.05, 3.63) is 126 Å². The maximum Gasteiger partial charge on any atom is 0.246 e. The second-order valence-electron chi connectivity index (χ2n) is 8.93. The Kier molecular flexibility index (Phi) is 9.99. The smallest absolute Gasteiger partial charge is 0.246 e. The van der Waals surface area contributed by atoms with E-state index in [9.17, 15) is 9.59 Å². The van der Waals surface area contributed by atoms with Crippen molar-refractivity contribution in [3.8, 4) is 11.5 Å². The summed E-state index contributed by atoms with van der Waals surface area (Å²) < 4.78 is 5.87. The van der Waals surface area contributed by atoms with Crippen molar-refractivity contribution in [2.45, 2.75) is 30.8 Å². The second-order valence-corrected chi connectivity index (χ2v) is 10.0. The van der Waals surface area contributed by atoms with E-state index < -0.39 is 6.04 Å². The van der Waals surface area contributed by atoms with Crippen molar-refractivity contribution in [2.24, 2.45) is 0 Å². The number of carbonyl (C=O) groups excluding carboxylic acids is 2. The predicted molar refractivity (Wildman–Crippen MR) is 153 cm³/mol. The van der Waals surface area contributed by atoms with Gasteiger partial charge in [0.05, 0.1) is 0 Å². The lowest BCUT2D eigenvalue weighted by atomic mass is 10.1. The van der Waals surface area contributed by atoms with Gasteiger partial charge in [-0.25, -0.2) is 0 Å². The lowest BCUT2D eigenvalue weighted by Gasteiger charge is -2.28. The summed E-state index contributed by atoms with van der Waals surface area (Å²) in [6.07, 6.45) is 0.738. The van der Waals surface area contributed by atoms with E-state index in [1.807, 2.05) is 108 Å². The molecule has 6 heteroatoms. The monoisotopic (exact) mass is 524 g/mol. The summed E-state index contributed by atoms with van der Waals surface area (Å²) >= 11 is 1.53. The molecule has 2 amide bonds. The molecular formula is C32H32N2O3S. The number of thioether (sulfide) groups is 1. The molecule has 0 heterocycles. The van der Waals surface area contributed by atoms with Gasteiger partial charge in [0.15, 0.2) is 0 Å². The maximum atomic E-state index is 13.8. The van der Waals surface area contributed by atoms with E-state index in [1.54, 1.807) is 0 Å². The summed E-state index contributed by atoms with van der Waals surface area (Å²) in [7, 11) is 0. The first-order valence-corrected chi connectivity index (χ1v) is 13.6. The van der Waals surface area contributed by atoms with E-state index >= 15 is 0 Å². The van der Waals surface area contributed by atoms with Gasteiger partial charge in [0.1, 0.15) is 17.5 Å². The number of para-hydroxylation sites is 1. The van der Waals surface area contributed by atoms with Crippen LogP contribution in [0.15, 0.2) is 120 Å². The quantitative estimate of drug-likeness (QED) is 0.220. The molecule has 0 bridgehead atoms. The summed E-state index contributed by atoms with van der Waals surface area (Å²) in [6.45, 7) is 2.50. The zero-order valence-corrected chi connectivity index (χ0v) is 22.3. The van der Waals surface area contributed by atoms with Gasteiger partial charge in [0, 0.05) is 30.7 Å². The first-order valence-electron chi connectivity index (χ1n) is 12.7. The average Bonchev–Trinajstić information content (AvgIpc) is 2.95. The zero-order chi connectivity index (χ0) is 26.6. The molecule has 0 aliphatic heterocycles. The Morgan fingerprint density at radius 2 is 1.32 bits per heavy atom. The lowest BCUT2D eigenvalue weighted by Crippen LogP contribution is -2.49. The molecule has 38 heavy (non-hydrogen) atoms. The van der Waals surface area contributed by atoms with Gasteiger partial charge >= 0.3 is 0 Å². The van der Waals surface area contributed by atoms with Crippen LogP contribution in [0.5, 0.6) is 11.5 Å². The normalized spacial score (nSPS) is 11.4. The number of carbonyl (C=O) groups is 2. The number of rotatable bonds is 12.